The van der Waals surface area contributed by atoms with Gasteiger partial charge in [-0.05, 0) is 47.7 Å². The number of furan rings is 1. The lowest BCUT2D eigenvalue weighted by Crippen LogP contribution is -1.71. The second-order valence-electron chi connectivity index (χ2n) is 3.72. The quantitative estimate of drug-likeness (QED) is 0.557. The van der Waals surface area contributed by atoms with Crippen LogP contribution in [0.2, 0.25) is 0 Å². The molecule has 0 atom stereocenters. The number of aryl methyl sites for hydroxylation is 1. The Kier molecular flexibility index (Phi) is 1.99. The molecule has 0 N–H and O–H groups in total. The lowest BCUT2D eigenvalue weighted by Gasteiger charge is -1.91. The van der Waals surface area contributed by atoms with Crippen molar-refractivity contribution in [2.75, 3.05) is 0 Å². The number of hydrogen-bond donors (Lipinski definition) is 0. The van der Waals surface area contributed by atoms with Crippen molar-refractivity contribution in [3.05, 3.63) is 45.5 Å². The average molecular weight is 308 g/mol. The van der Waals surface area contributed by atoms with Gasteiger partial charge in [0.05, 0.1) is 3.57 Å². The van der Waals surface area contributed by atoms with Gasteiger partial charge in [0, 0.05) is 10.8 Å². The zero-order valence-electron chi connectivity index (χ0n) is 8.25. The van der Waals surface area contributed by atoms with Gasteiger partial charge in [0.1, 0.15) is 11.2 Å². The van der Waals surface area contributed by atoms with Crippen LogP contribution in [0.1, 0.15) is 5.56 Å². The van der Waals surface area contributed by atoms with Crippen molar-refractivity contribution < 1.29 is 4.42 Å². The molecule has 0 aliphatic carbocycles. The van der Waals surface area contributed by atoms with Crippen LogP contribution in [0, 0.1) is 10.5 Å². The number of halogens is 1. The maximum atomic E-state index is 5.83. The molecule has 0 unspecified atom stereocenters. The van der Waals surface area contributed by atoms with E-state index in [0.717, 1.165) is 11.2 Å². The number of rotatable bonds is 0. The van der Waals surface area contributed by atoms with Crippen LogP contribution in [0.4, 0.5) is 0 Å². The van der Waals surface area contributed by atoms with E-state index in [1.54, 1.807) is 0 Å². The second-order valence-corrected chi connectivity index (χ2v) is 4.88. The van der Waals surface area contributed by atoms with Crippen molar-refractivity contribution in [2.45, 2.75) is 6.92 Å². The SMILES string of the molecule is Cc1ccc2oc3c(I)cccc3c2c1. The lowest BCUT2D eigenvalue weighted by molar-refractivity contribution is 0.666. The van der Waals surface area contributed by atoms with Crippen LogP contribution >= 0.6 is 22.6 Å². The van der Waals surface area contributed by atoms with Gasteiger partial charge in [0.15, 0.2) is 0 Å². The van der Waals surface area contributed by atoms with Crippen LogP contribution in [0.15, 0.2) is 40.8 Å². The van der Waals surface area contributed by atoms with Gasteiger partial charge in [-0.15, -0.1) is 0 Å². The molecule has 0 radical (unpaired) electrons. The molecular weight excluding hydrogens is 299 g/mol. The van der Waals surface area contributed by atoms with Crippen molar-refractivity contribution in [1.29, 1.82) is 0 Å². The fourth-order valence-electron chi connectivity index (χ4n) is 1.88. The van der Waals surface area contributed by atoms with E-state index in [2.05, 4.69) is 59.8 Å². The second kappa shape index (κ2) is 3.23. The summed E-state index contributed by atoms with van der Waals surface area (Å²) < 4.78 is 7.00. The van der Waals surface area contributed by atoms with Crippen LogP contribution in [-0.2, 0) is 0 Å². The average Bonchev–Trinajstić information content (AvgIpc) is 2.58. The third kappa shape index (κ3) is 1.35. The molecule has 74 valence electrons. The van der Waals surface area contributed by atoms with Gasteiger partial charge in [-0.2, -0.15) is 0 Å². The summed E-state index contributed by atoms with van der Waals surface area (Å²) >= 11 is 2.31. The molecule has 0 amide bonds. The Balaban J connectivity index is 2.58. The van der Waals surface area contributed by atoms with Crippen LogP contribution in [0.3, 0.4) is 0 Å². The molecule has 3 aromatic rings. The first-order chi connectivity index (χ1) is 7.25. The van der Waals surface area contributed by atoms with Crippen molar-refractivity contribution in [3.63, 3.8) is 0 Å². The van der Waals surface area contributed by atoms with Gasteiger partial charge >= 0.3 is 0 Å². The molecule has 3 rings (SSSR count). The molecule has 0 aliphatic heterocycles. The molecule has 2 heteroatoms. The zero-order chi connectivity index (χ0) is 10.4. The minimum Gasteiger partial charge on any atom is -0.455 e. The van der Waals surface area contributed by atoms with E-state index >= 15 is 0 Å². The van der Waals surface area contributed by atoms with E-state index < -0.39 is 0 Å². The third-order valence-corrected chi connectivity index (χ3v) is 3.45. The monoisotopic (exact) mass is 308 g/mol. The van der Waals surface area contributed by atoms with Crippen molar-refractivity contribution in [1.82, 2.24) is 0 Å². The zero-order valence-corrected chi connectivity index (χ0v) is 10.4. The topological polar surface area (TPSA) is 13.1 Å². The molecular formula is C13H9IO. The molecule has 0 fully saturated rings. The maximum Gasteiger partial charge on any atom is 0.148 e. The number of benzene rings is 2. The van der Waals surface area contributed by atoms with Gasteiger partial charge in [0.2, 0.25) is 0 Å². The first-order valence-corrected chi connectivity index (χ1v) is 5.91. The van der Waals surface area contributed by atoms with E-state index in [9.17, 15) is 0 Å². The Morgan fingerprint density at radius 2 is 1.93 bits per heavy atom. The summed E-state index contributed by atoms with van der Waals surface area (Å²) in [7, 11) is 0. The van der Waals surface area contributed by atoms with E-state index in [1.807, 2.05) is 6.07 Å². The van der Waals surface area contributed by atoms with Gasteiger partial charge in [-0.3, -0.25) is 0 Å². The molecule has 0 saturated carbocycles. The summed E-state index contributed by atoms with van der Waals surface area (Å²) in [6.45, 7) is 2.10. The maximum absolute atomic E-state index is 5.83. The highest BCUT2D eigenvalue weighted by atomic mass is 127. The van der Waals surface area contributed by atoms with Gasteiger partial charge in [-0.25, -0.2) is 0 Å². The molecule has 2 aromatic carbocycles. The molecule has 1 nitrogen and oxygen atoms in total. The predicted molar refractivity (Wildman–Crippen MR) is 71.2 cm³/mol. The van der Waals surface area contributed by atoms with Crippen LogP contribution in [0.25, 0.3) is 21.9 Å². The van der Waals surface area contributed by atoms with Gasteiger partial charge < -0.3 is 4.42 Å². The van der Waals surface area contributed by atoms with Crippen LogP contribution < -0.4 is 0 Å². The van der Waals surface area contributed by atoms with E-state index in [-0.39, 0.29) is 0 Å². The Hall–Kier alpha value is -1.03. The molecule has 1 aromatic heterocycles. The largest absolute Gasteiger partial charge is 0.455 e. The molecule has 15 heavy (non-hydrogen) atoms. The van der Waals surface area contributed by atoms with Crippen molar-refractivity contribution >= 4 is 44.5 Å². The molecule has 1 heterocycles. The van der Waals surface area contributed by atoms with E-state index in [1.165, 1.54) is 19.9 Å². The van der Waals surface area contributed by atoms with Crippen LogP contribution in [-0.4, -0.2) is 0 Å². The Morgan fingerprint density at radius 1 is 1.07 bits per heavy atom. The molecule has 0 bridgehead atoms. The third-order valence-electron chi connectivity index (χ3n) is 2.60. The Bertz CT molecular complexity index is 652. The smallest absolute Gasteiger partial charge is 0.148 e. The molecule has 0 aliphatic rings. The van der Waals surface area contributed by atoms with Gasteiger partial charge in [0.25, 0.3) is 0 Å². The van der Waals surface area contributed by atoms with E-state index in [4.69, 9.17) is 4.42 Å². The Labute approximate surface area is 101 Å². The minimum atomic E-state index is 0.972. The number of fused-ring (bicyclic) bond motifs is 3. The summed E-state index contributed by atoms with van der Waals surface area (Å²) in [5.74, 6) is 0. The van der Waals surface area contributed by atoms with Crippen molar-refractivity contribution in [3.8, 4) is 0 Å². The number of hydrogen-bond acceptors (Lipinski definition) is 1. The number of para-hydroxylation sites is 1. The van der Waals surface area contributed by atoms with Crippen LogP contribution in [0.5, 0.6) is 0 Å². The Morgan fingerprint density at radius 3 is 2.80 bits per heavy atom. The van der Waals surface area contributed by atoms with E-state index in [0.29, 0.717) is 0 Å². The molecule has 0 saturated heterocycles. The minimum absolute atomic E-state index is 0.972. The predicted octanol–water partition coefficient (Wildman–Crippen LogP) is 4.50. The summed E-state index contributed by atoms with van der Waals surface area (Å²) in [6, 6.07) is 12.6. The summed E-state index contributed by atoms with van der Waals surface area (Å²) in [6.07, 6.45) is 0. The fraction of sp³-hybridized carbons (Fsp3) is 0.0769. The highest BCUT2D eigenvalue weighted by molar-refractivity contribution is 14.1. The fourth-order valence-corrected chi connectivity index (χ4v) is 2.49. The molecule has 0 spiro atoms. The first kappa shape index (κ1) is 9.21. The lowest BCUT2D eigenvalue weighted by atomic mass is 10.1. The summed E-state index contributed by atoms with van der Waals surface area (Å²) in [5, 5.41) is 2.42. The standard InChI is InChI=1S/C13H9IO/c1-8-5-6-12-10(7-8)9-3-2-4-11(14)13(9)15-12/h2-7H,1H3. The van der Waals surface area contributed by atoms with Crippen molar-refractivity contribution in [2.24, 2.45) is 0 Å². The highest BCUT2D eigenvalue weighted by Gasteiger charge is 2.08. The summed E-state index contributed by atoms with van der Waals surface area (Å²) in [4.78, 5) is 0. The van der Waals surface area contributed by atoms with Gasteiger partial charge in [-0.1, -0.05) is 23.8 Å². The normalized spacial score (nSPS) is 11.3. The first-order valence-electron chi connectivity index (χ1n) is 4.83. The highest BCUT2D eigenvalue weighted by Crippen LogP contribution is 2.31. The summed E-state index contributed by atoms with van der Waals surface area (Å²) in [5.41, 5.74) is 3.24.